The molecule has 0 heterocycles. The normalized spacial score (nSPS) is 10.3. The third-order valence-electron chi connectivity index (χ3n) is 2.34. The van der Waals surface area contributed by atoms with Crippen LogP contribution in [0.25, 0.3) is 11.1 Å². The van der Waals surface area contributed by atoms with E-state index in [1.807, 2.05) is 25.1 Å². The Labute approximate surface area is 93.3 Å². The molecule has 2 heteroatoms. The van der Waals surface area contributed by atoms with Crippen LogP contribution >= 0.6 is 11.6 Å². The van der Waals surface area contributed by atoms with Gasteiger partial charge in [0, 0.05) is 5.02 Å². The molecule has 0 fully saturated rings. The first-order valence-electron chi connectivity index (χ1n) is 4.69. The molecule has 2 aromatic carbocycles. The summed E-state index contributed by atoms with van der Waals surface area (Å²) in [6.45, 7) is 1.95. The van der Waals surface area contributed by atoms with Crippen LogP contribution < -0.4 is 0 Å². The van der Waals surface area contributed by atoms with E-state index in [1.165, 1.54) is 12.1 Å². The third kappa shape index (κ3) is 2.18. The first-order valence-corrected chi connectivity index (χ1v) is 5.07. The highest BCUT2D eigenvalue weighted by Gasteiger charge is 2.00. The largest absolute Gasteiger partial charge is 0.207 e. The summed E-state index contributed by atoms with van der Waals surface area (Å²) in [6.07, 6.45) is 0. The zero-order valence-electron chi connectivity index (χ0n) is 8.30. The van der Waals surface area contributed by atoms with Gasteiger partial charge in [-0.25, -0.2) is 4.39 Å². The number of benzene rings is 2. The molecular weight excluding hydrogens is 211 g/mol. The second kappa shape index (κ2) is 4.03. The maximum atomic E-state index is 12.7. The van der Waals surface area contributed by atoms with Gasteiger partial charge < -0.3 is 0 Å². The van der Waals surface area contributed by atoms with Gasteiger partial charge in [0.1, 0.15) is 5.82 Å². The molecule has 2 aromatic rings. The Morgan fingerprint density at radius 1 is 0.933 bits per heavy atom. The van der Waals surface area contributed by atoms with Gasteiger partial charge >= 0.3 is 0 Å². The number of halogens is 2. The summed E-state index contributed by atoms with van der Waals surface area (Å²) in [7, 11) is 0. The molecular formula is C13H10ClF. The van der Waals surface area contributed by atoms with E-state index < -0.39 is 0 Å². The minimum absolute atomic E-state index is 0.218. The number of hydrogen-bond donors (Lipinski definition) is 0. The van der Waals surface area contributed by atoms with Gasteiger partial charge in [0.15, 0.2) is 0 Å². The summed E-state index contributed by atoms with van der Waals surface area (Å²) in [5, 5.41) is 0.751. The van der Waals surface area contributed by atoms with Crippen LogP contribution in [-0.4, -0.2) is 0 Å². The van der Waals surface area contributed by atoms with Crippen molar-refractivity contribution in [2.24, 2.45) is 0 Å². The standard InChI is InChI=1S/C13H10ClF/c1-9-8-11(4-7-13(9)14)10-2-5-12(15)6-3-10/h2-8H,1H3. The quantitative estimate of drug-likeness (QED) is 0.666. The molecule has 2 rings (SSSR count). The SMILES string of the molecule is Cc1cc(-c2ccc(F)cc2)ccc1Cl. The lowest BCUT2D eigenvalue weighted by molar-refractivity contribution is 0.628. The fraction of sp³-hybridized carbons (Fsp3) is 0.0769. The Morgan fingerprint density at radius 3 is 2.13 bits per heavy atom. The van der Waals surface area contributed by atoms with Crippen molar-refractivity contribution >= 4 is 11.6 Å². The van der Waals surface area contributed by atoms with Gasteiger partial charge in [-0.3, -0.25) is 0 Å². The van der Waals surface area contributed by atoms with Crippen molar-refractivity contribution in [2.45, 2.75) is 6.92 Å². The molecule has 0 aliphatic heterocycles. The van der Waals surface area contributed by atoms with Crippen molar-refractivity contribution in [3.8, 4) is 11.1 Å². The van der Waals surface area contributed by atoms with E-state index in [0.29, 0.717) is 0 Å². The molecule has 76 valence electrons. The van der Waals surface area contributed by atoms with Gasteiger partial charge in [-0.1, -0.05) is 29.8 Å². The molecule has 0 aliphatic rings. The average Bonchev–Trinajstić information content (AvgIpc) is 2.23. The van der Waals surface area contributed by atoms with Crippen molar-refractivity contribution < 1.29 is 4.39 Å². The van der Waals surface area contributed by atoms with Crippen molar-refractivity contribution in [3.63, 3.8) is 0 Å². The van der Waals surface area contributed by atoms with Gasteiger partial charge in [0.05, 0.1) is 0 Å². The Morgan fingerprint density at radius 2 is 1.53 bits per heavy atom. The van der Waals surface area contributed by atoms with Crippen LogP contribution in [0.5, 0.6) is 0 Å². The van der Waals surface area contributed by atoms with E-state index in [-0.39, 0.29) is 5.82 Å². The zero-order chi connectivity index (χ0) is 10.8. The minimum Gasteiger partial charge on any atom is -0.207 e. The summed E-state index contributed by atoms with van der Waals surface area (Å²) in [4.78, 5) is 0. The first-order chi connectivity index (χ1) is 7.16. The Balaban J connectivity index is 2.45. The lowest BCUT2D eigenvalue weighted by Gasteiger charge is -2.04. The first kappa shape index (κ1) is 10.2. The predicted octanol–water partition coefficient (Wildman–Crippen LogP) is 4.45. The monoisotopic (exact) mass is 220 g/mol. The van der Waals surface area contributed by atoms with E-state index in [9.17, 15) is 4.39 Å². The molecule has 0 N–H and O–H groups in total. The fourth-order valence-corrected chi connectivity index (χ4v) is 1.58. The van der Waals surface area contributed by atoms with Crippen LogP contribution in [0, 0.1) is 12.7 Å². The van der Waals surface area contributed by atoms with Gasteiger partial charge in [0.25, 0.3) is 0 Å². The molecule has 0 aliphatic carbocycles. The van der Waals surface area contributed by atoms with Gasteiger partial charge in [-0.05, 0) is 47.9 Å². The molecule has 0 aromatic heterocycles. The van der Waals surface area contributed by atoms with E-state index in [1.54, 1.807) is 12.1 Å². The van der Waals surface area contributed by atoms with Crippen molar-refractivity contribution in [1.29, 1.82) is 0 Å². The Kier molecular flexibility index (Phi) is 2.74. The Bertz CT molecular complexity index is 474. The highest BCUT2D eigenvalue weighted by molar-refractivity contribution is 6.31. The number of aryl methyl sites for hydroxylation is 1. The highest BCUT2D eigenvalue weighted by atomic mass is 35.5. The van der Waals surface area contributed by atoms with Crippen LogP contribution in [0.4, 0.5) is 4.39 Å². The van der Waals surface area contributed by atoms with Crippen LogP contribution in [0.2, 0.25) is 5.02 Å². The maximum absolute atomic E-state index is 12.7. The lowest BCUT2D eigenvalue weighted by atomic mass is 10.0. The van der Waals surface area contributed by atoms with Gasteiger partial charge in [-0.2, -0.15) is 0 Å². The zero-order valence-corrected chi connectivity index (χ0v) is 9.05. The van der Waals surface area contributed by atoms with Crippen molar-refractivity contribution in [1.82, 2.24) is 0 Å². The molecule has 0 bridgehead atoms. The van der Waals surface area contributed by atoms with Crippen LogP contribution in [0.1, 0.15) is 5.56 Å². The van der Waals surface area contributed by atoms with Crippen LogP contribution in [0.15, 0.2) is 42.5 Å². The predicted molar refractivity (Wildman–Crippen MR) is 61.6 cm³/mol. The highest BCUT2D eigenvalue weighted by Crippen LogP contribution is 2.24. The third-order valence-corrected chi connectivity index (χ3v) is 2.76. The molecule has 0 spiro atoms. The molecule has 0 nitrogen and oxygen atoms in total. The van der Waals surface area contributed by atoms with E-state index in [2.05, 4.69) is 0 Å². The molecule has 0 atom stereocenters. The second-order valence-electron chi connectivity index (χ2n) is 3.47. The minimum atomic E-state index is -0.218. The molecule has 0 saturated heterocycles. The topological polar surface area (TPSA) is 0 Å². The summed E-state index contributed by atoms with van der Waals surface area (Å²) in [5.41, 5.74) is 3.08. The molecule has 0 unspecified atom stereocenters. The second-order valence-corrected chi connectivity index (χ2v) is 3.88. The molecule has 0 amide bonds. The molecule has 15 heavy (non-hydrogen) atoms. The molecule has 0 radical (unpaired) electrons. The number of hydrogen-bond acceptors (Lipinski definition) is 0. The van der Waals surface area contributed by atoms with Crippen molar-refractivity contribution in [2.75, 3.05) is 0 Å². The summed E-state index contributed by atoms with van der Waals surface area (Å²) < 4.78 is 12.7. The van der Waals surface area contributed by atoms with Crippen LogP contribution in [-0.2, 0) is 0 Å². The van der Waals surface area contributed by atoms with Crippen LogP contribution in [0.3, 0.4) is 0 Å². The maximum Gasteiger partial charge on any atom is 0.123 e. The summed E-state index contributed by atoms with van der Waals surface area (Å²) in [5.74, 6) is -0.218. The van der Waals surface area contributed by atoms with Crippen molar-refractivity contribution in [3.05, 3.63) is 58.9 Å². The van der Waals surface area contributed by atoms with Gasteiger partial charge in [-0.15, -0.1) is 0 Å². The van der Waals surface area contributed by atoms with E-state index in [0.717, 1.165) is 21.7 Å². The fourth-order valence-electron chi connectivity index (χ4n) is 1.47. The van der Waals surface area contributed by atoms with E-state index in [4.69, 9.17) is 11.6 Å². The lowest BCUT2D eigenvalue weighted by Crippen LogP contribution is -1.81. The Hall–Kier alpha value is -1.34. The number of rotatable bonds is 1. The smallest absolute Gasteiger partial charge is 0.123 e. The molecule has 0 saturated carbocycles. The summed E-state index contributed by atoms with van der Waals surface area (Å²) >= 11 is 5.93. The average molecular weight is 221 g/mol. The summed E-state index contributed by atoms with van der Waals surface area (Å²) in [6, 6.07) is 12.2. The van der Waals surface area contributed by atoms with Gasteiger partial charge in [0.2, 0.25) is 0 Å². The van der Waals surface area contributed by atoms with E-state index >= 15 is 0 Å².